The number of ether oxygens (including phenoxy) is 2. The minimum absolute atomic E-state index is 0.0000208. The van der Waals surface area contributed by atoms with E-state index in [4.69, 9.17) is 9.47 Å². The molecule has 0 radical (unpaired) electrons. The van der Waals surface area contributed by atoms with Crippen LogP contribution < -0.4 is 14.8 Å². The number of carbonyl (C=O) groups is 1. The summed E-state index contributed by atoms with van der Waals surface area (Å²) in [6.07, 6.45) is 1.64. The highest BCUT2D eigenvalue weighted by atomic mass is 32.1. The Morgan fingerprint density at radius 2 is 1.79 bits per heavy atom. The molecule has 1 atom stereocenters. The molecule has 174 valence electrons. The topological polar surface area (TPSA) is 50.8 Å². The molecule has 0 aliphatic carbocycles. The molecule has 1 fully saturated rings. The lowest BCUT2D eigenvalue weighted by Gasteiger charge is -2.32. The maximum atomic E-state index is 13.1. The molecule has 1 aromatic heterocycles. The zero-order valence-electron chi connectivity index (χ0n) is 18.7. The van der Waals surface area contributed by atoms with Crippen LogP contribution in [0.25, 0.3) is 0 Å². The molecule has 1 aliphatic heterocycles. The van der Waals surface area contributed by atoms with E-state index in [2.05, 4.69) is 16.3 Å². The third-order valence-corrected chi connectivity index (χ3v) is 6.95. The van der Waals surface area contributed by atoms with Gasteiger partial charge in [0.1, 0.15) is 23.9 Å². The van der Waals surface area contributed by atoms with Crippen LogP contribution in [0.1, 0.15) is 29.3 Å². The number of methoxy groups -OCH3 is 1. The largest absolute Gasteiger partial charge is 0.497 e. The monoisotopic (exact) mass is 468 g/mol. The first kappa shape index (κ1) is 23.3. The molecule has 0 saturated carbocycles. The second-order valence-corrected chi connectivity index (χ2v) is 9.13. The van der Waals surface area contributed by atoms with Gasteiger partial charge in [-0.2, -0.15) is 0 Å². The van der Waals surface area contributed by atoms with Gasteiger partial charge in [0, 0.05) is 17.3 Å². The molecule has 3 aromatic rings. The summed E-state index contributed by atoms with van der Waals surface area (Å²) in [5.41, 5.74) is 1.04. The summed E-state index contributed by atoms with van der Waals surface area (Å²) < 4.78 is 24.0. The zero-order valence-corrected chi connectivity index (χ0v) is 19.5. The predicted molar refractivity (Wildman–Crippen MR) is 128 cm³/mol. The molecular weight excluding hydrogens is 439 g/mol. The van der Waals surface area contributed by atoms with Crippen LogP contribution in [0.3, 0.4) is 0 Å². The second kappa shape index (κ2) is 11.3. The number of benzene rings is 2. The van der Waals surface area contributed by atoms with Gasteiger partial charge in [-0.1, -0.05) is 18.2 Å². The predicted octanol–water partition coefficient (Wildman–Crippen LogP) is 4.89. The highest BCUT2D eigenvalue weighted by Crippen LogP contribution is 2.29. The summed E-state index contributed by atoms with van der Waals surface area (Å²) in [6, 6.07) is 17.8. The molecule has 2 heterocycles. The van der Waals surface area contributed by atoms with Crippen LogP contribution in [-0.4, -0.2) is 44.2 Å². The molecule has 7 heteroatoms. The van der Waals surface area contributed by atoms with Crippen LogP contribution in [0.4, 0.5) is 4.39 Å². The van der Waals surface area contributed by atoms with Gasteiger partial charge < -0.3 is 14.8 Å². The molecule has 4 rings (SSSR count). The maximum absolute atomic E-state index is 13.1. The van der Waals surface area contributed by atoms with E-state index in [1.807, 2.05) is 35.7 Å². The number of halogens is 1. The number of thiophene rings is 1. The summed E-state index contributed by atoms with van der Waals surface area (Å²) in [5, 5.41) is 5.32. The molecule has 5 nitrogen and oxygen atoms in total. The molecule has 1 unspecified atom stereocenters. The van der Waals surface area contributed by atoms with Crippen molar-refractivity contribution in [3.63, 3.8) is 0 Å². The SMILES string of the molecule is COc1ccc(C(NC(=O)C2CCN(CCOc3ccc(F)cc3)CC2)c2cccs2)cc1. The van der Waals surface area contributed by atoms with Gasteiger partial charge >= 0.3 is 0 Å². The molecule has 1 amide bonds. The van der Waals surface area contributed by atoms with Gasteiger partial charge in [-0.25, -0.2) is 4.39 Å². The van der Waals surface area contributed by atoms with E-state index in [0.717, 1.165) is 48.7 Å². The Kier molecular flexibility index (Phi) is 7.96. The Morgan fingerprint density at radius 1 is 1.09 bits per heavy atom. The van der Waals surface area contributed by atoms with E-state index in [-0.39, 0.29) is 23.7 Å². The maximum Gasteiger partial charge on any atom is 0.223 e. The fraction of sp³-hybridized carbons (Fsp3) is 0.346. The van der Waals surface area contributed by atoms with Gasteiger partial charge in [-0.05, 0) is 79.3 Å². The van der Waals surface area contributed by atoms with Gasteiger partial charge in [-0.3, -0.25) is 9.69 Å². The molecular formula is C26H29FN2O3S. The Morgan fingerprint density at radius 3 is 2.42 bits per heavy atom. The molecule has 1 aliphatic rings. The molecule has 1 saturated heterocycles. The number of amides is 1. The number of piperidine rings is 1. The number of carbonyl (C=O) groups excluding carboxylic acids is 1. The average molecular weight is 469 g/mol. The average Bonchev–Trinajstić information content (AvgIpc) is 3.39. The number of nitrogens with zero attached hydrogens (tertiary/aromatic N) is 1. The summed E-state index contributed by atoms with van der Waals surface area (Å²) in [4.78, 5) is 16.6. The van der Waals surface area contributed by atoms with Crippen molar-refractivity contribution in [1.82, 2.24) is 10.2 Å². The van der Waals surface area contributed by atoms with Crippen molar-refractivity contribution in [2.45, 2.75) is 18.9 Å². The molecule has 2 aromatic carbocycles. The van der Waals surface area contributed by atoms with Gasteiger partial charge in [0.05, 0.1) is 13.2 Å². The normalized spacial score (nSPS) is 15.7. The minimum Gasteiger partial charge on any atom is -0.497 e. The number of hydrogen-bond donors (Lipinski definition) is 1. The van der Waals surface area contributed by atoms with Crippen molar-refractivity contribution in [3.05, 3.63) is 82.3 Å². The number of hydrogen-bond acceptors (Lipinski definition) is 5. The Labute approximate surface area is 198 Å². The van der Waals surface area contributed by atoms with Crippen LogP contribution in [-0.2, 0) is 4.79 Å². The van der Waals surface area contributed by atoms with Crippen molar-refractivity contribution in [1.29, 1.82) is 0 Å². The second-order valence-electron chi connectivity index (χ2n) is 8.15. The number of rotatable bonds is 9. The van der Waals surface area contributed by atoms with Crippen molar-refractivity contribution in [3.8, 4) is 11.5 Å². The number of likely N-dealkylation sites (tertiary alicyclic amines) is 1. The van der Waals surface area contributed by atoms with E-state index in [1.54, 1.807) is 30.6 Å². The fourth-order valence-electron chi connectivity index (χ4n) is 4.07. The van der Waals surface area contributed by atoms with Crippen molar-refractivity contribution >= 4 is 17.2 Å². The summed E-state index contributed by atoms with van der Waals surface area (Å²) in [7, 11) is 1.65. The van der Waals surface area contributed by atoms with Crippen molar-refractivity contribution in [2.75, 3.05) is 33.4 Å². The quantitative estimate of drug-likeness (QED) is 0.486. The lowest BCUT2D eigenvalue weighted by Crippen LogP contribution is -2.42. The highest BCUT2D eigenvalue weighted by molar-refractivity contribution is 7.10. The van der Waals surface area contributed by atoms with E-state index >= 15 is 0 Å². The van der Waals surface area contributed by atoms with Gasteiger partial charge in [0.2, 0.25) is 5.91 Å². The first-order valence-corrected chi connectivity index (χ1v) is 12.1. The third kappa shape index (κ3) is 6.33. The van der Waals surface area contributed by atoms with Crippen molar-refractivity contribution < 1.29 is 18.7 Å². The van der Waals surface area contributed by atoms with Gasteiger partial charge in [0.15, 0.2) is 0 Å². The van der Waals surface area contributed by atoms with Crippen LogP contribution in [0.5, 0.6) is 11.5 Å². The molecule has 33 heavy (non-hydrogen) atoms. The fourth-order valence-corrected chi connectivity index (χ4v) is 4.88. The van der Waals surface area contributed by atoms with Crippen LogP contribution in [0.15, 0.2) is 66.0 Å². The van der Waals surface area contributed by atoms with Gasteiger partial charge in [-0.15, -0.1) is 11.3 Å². The van der Waals surface area contributed by atoms with Crippen molar-refractivity contribution in [2.24, 2.45) is 5.92 Å². The molecule has 1 N–H and O–H groups in total. The highest BCUT2D eigenvalue weighted by Gasteiger charge is 2.27. The molecule has 0 spiro atoms. The zero-order chi connectivity index (χ0) is 23.0. The molecule has 0 bridgehead atoms. The van der Waals surface area contributed by atoms with Crippen LogP contribution in [0.2, 0.25) is 0 Å². The Balaban J connectivity index is 1.28. The minimum atomic E-state index is -0.268. The summed E-state index contributed by atoms with van der Waals surface area (Å²) >= 11 is 1.64. The van der Waals surface area contributed by atoms with Gasteiger partial charge in [0.25, 0.3) is 0 Å². The number of nitrogens with one attached hydrogen (secondary N) is 1. The smallest absolute Gasteiger partial charge is 0.223 e. The lowest BCUT2D eigenvalue weighted by molar-refractivity contribution is -0.127. The summed E-state index contributed by atoms with van der Waals surface area (Å²) in [5.74, 6) is 1.30. The standard InChI is InChI=1S/C26H29FN2O3S/c1-31-22-8-4-19(5-9-22)25(24-3-2-18-33-24)28-26(30)20-12-14-29(15-13-20)16-17-32-23-10-6-21(27)7-11-23/h2-11,18,20,25H,12-17H2,1H3,(H,28,30). The lowest BCUT2D eigenvalue weighted by atomic mass is 9.94. The van der Waals surface area contributed by atoms with Crippen LogP contribution in [0, 0.1) is 11.7 Å². The van der Waals surface area contributed by atoms with E-state index in [9.17, 15) is 9.18 Å². The van der Waals surface area contributed by atoms with E-state index in [1.165, 1.54) is 12.1 Å². The van der Waals surface area contributed by atoms with Crippen LogP contribution >= 0.6 is 11.3 Å². The third-order valence-electron chi connectivity index (χ3n) is 6.01. The summed E-state index contributed by atoms with van der Waals surface area (Å²) in [6.45, 7) is 3.05. The first-order valence-electron chi connectivity index (χ1n) is 11.2. The van der Waals surface area contributed by atoms with E-state index < -0.39 is 0 Å². The Hall–Kier alpha value is -2.90. The van der Waals surface area contributed by atoms with E-state index in [0.29, 0.717) is 12.4 Å². The first-order chi connectivity index (χ1) is 16.1. The Bertz CT molecular complexity index is 1000.